The van der Waals surface area contributed by atoms with Crippen molar-refractivity contribution >= 4 is 33.4 Å². The van der Waals surface area contributed by atoms with Crippen LogP contribution in [0.2, 0.25) is 0 Å². The predicted octanol–water partition coefficient (Wildman–Crippen LogP) is 1.72. The van der Waals surface area contributed by atoms with Gasteiger partial charge in [0.25, 0.3) is 5.56 Å². The van der Waals surface area contributed by atoms with Gasteiger partial charge in [-0.25, -0.2) is 9.78 Å². The van der Waals surface area contributed by atoms with Gasteiger partial charge in [-0.05, 0) is 31.2 Å². The molecule has 1 saturated heterocycles. The molecule has 0 saturated carbocycles. The van der Waals surface area contributed by atoms with E-state index in [1.165, 1.54) is 10.9 Å². The largest absolute Gasteiger partial charge is 0.477 e. The van der Waals surface area contributed by atoms with E-state index in [1.807, 2.05) is 0 Å². The third-order valence-corrected chi connectivity index (χ3v) is 5.61. The van der Waals surface area contributed by atoms with Crippen molar-refractivity contribution in [3.05, 3.63) is 27.1 Å². The topological polar surface area (TPSA) is 92.5 Å². The number of aryl methyl sites for hydroxylation is 1. The van der Waals surface area contributed by atoms with Crippen LogP contribution in [0.15, 0.2) is 11.1 Å². The smallest absolute Gasteiger partial charge is 0.346 e. The van der Waals surface area contributed by atoms with Gasteiger partial charge in [-0.3, -0.25) is 14.2 Å². The van der Waals surface area contributed by atoms with Crippen LogP contribution in [0, 0.1) is 12.8 Å². The second kappa shape index (κ2) is 6.35. The molecular weight excluding hydrogens is 330 g/mol. The van der Waals surface area contributed by atoms with Crippen LogP contribution < -0.4 is 5.56 Å². The molecular formula is C16H19N3O4S. The van der Waals surface area contributed by atoms with Gasteiger partial charge in [0.05, 0.1) is 11.7 Å². The lowest BCUT2D eigenvalue weighted by molar-refractivity contribution is -0.133. The van der Waals surface area contributed by atoms with Crippen LogP contribution in [0.4, 0.5) is 0 Å². The molecule has 0 spiro atoms. The highest BCUT2D eigenvalue weighted by Gasteiger charge is 2.23. The van der Waals surface area contributed by atoms with Gasteiger partial charge in [-0.1, -0.05) is 6.92 Å². The summed E-state index contributed by atoms with van der Waals surface area (Å²) in [6, 6.07) is 0. The number of hydrogen-bond acceptors (Lipinski definition) is 5. The average molecular weight is 349 g/mol. The maximum absolute atomic E-state index is 12.6. The van der Waals surface area contributed by atoms with Crippen LogP contribution in [0.5, 0.6) is 0 Å². The summed E-state index contributed by atoms with van der Waals surface area (Å²) in [4.78, 5) is 42.8. The molecule has 0 aromatic carbocycles. The molecule has 1 amide bonds. The molecule has 7 nitrogen and oxygen atoms in total. The van der Waals surface area contributed by atoms with Crippen LogP contribution >= 0.6 is 11.3 Å². The number of nitrogens with zero attached hydrogens (tertiary/aromatic N) is 3. The number of carboxylic acids is 1. The van der Waals surface area contributed by atoms with Crippen LogP contribution in [0.1, 0.15) is 35.0 Å². The summed E-state index contributed by atoms with van der Waals surface area (Å²) in [5.41, 5.74) is 0.0491. The molecule has 0 radical (unpaired) electrons. The first-order chi connectivity index (χ1) is 11.4. The van der Waals surface area contributed by atoms with Crippen molar-refractivity contribution in [1.29, 1.82) is 0 Å². The van der Waals surface area contributed by atoms with Gasteiger partial charge in [-0.2, -0.15) is 0 Å². The first kappa shape index (κ1) is 16.6. The second-order valence-corrected chi connectivity index (χ2v) is 7.31. The molecule has 0 bridgehead atoms. The number of piperidine rings is 1. The van der Waals surface area contributed by atoms with Gasteiger partial charge in [-0.15, -0.1) is 11.3 Å². The molecule has 2 aromatic rings. The van der Waals surface area contributed by atoms with Gasteiger partial charge >= 0.3 is 5.97 Å². The highest BCUT2D eigenvalue weighted by atomic mass is 32.1. The fraction of sp³-hybridized carbons (Fsp3) is 0.500. The van der Waals surface area contributed by atoms with Crippen molar-refractivity contribution in [3.8, 4) is 0 Å². The van der Waals surface area contributed by atoms with E-state index in [1.54, 1.807) is 11.8 Å². The summed E-state index contributed by atoms with van der Waals surface area (Å²) in [5, 5.41) is 9.47. The van der Waals surface area contributed by atoms with E-state index in [9.17, 15) is 19.5 Å². The number of carbonyl (C=O) groups is 2. The highest BCUT2D eigenvalue weighted by molar-refractivity contribution is 7.20. The second-order valence-electron chi connectivity index (χ2n) is 6.31. The van der Waals surface area contributed by atoms with Crippen molar-refractivity contribution in [1.82, 2.24) is 14.5 Å². The van der Waals surface area contributed by atoms with Crippen LogP contribution in [-0.4, -0.2) is 44.5 Å². The van der Waals surface area contributed by atoms with Crippen molar-refractivity contribution in [2.45, 2.75) is 33.2 Å². The third kappa shape index (κ3) is 2.93. The fourth-order valence-electron chi connectivity index (χ4n) is 3.14. The predicted molar refractivity (Wildman–Crippen MR) is 90.6 cm³/mol. The molecule has 0 aliphatic carbocycles. The normalized spacial score (nSPS) is 18.1. The maximum atomic E-state index is 12.6. The van der Waals surface area contributed by atoms with Gasteiger partial charge in [0, 0.05) is 13.1 Å². The molecule has 1 aliphatic heterocycles. The van der Waals surface area contributed by atoms with Crippen molar-refractivity contribution < 1.29 is 14.7 Å². The first-order valence-electron chi connectivity index (χ1n) is 7.88. The summed E-state index contributed by atoms with van der Waals surface area (Å²) in [7, 11) is 0. The van der Waals surface area contributed by atoms with Crippen LogP contribution in [0.3, 0.4) is 0 Å². The molecule has 3 rings (SSSR count). The Kier molecular flexibility index (Phi) is 4.40. The zero-order valence-electron chi connectivity index (χ0n) is 13.6. The zero-order valence-corrected chi connectivity index (χ0v) is 14.4. The van der Waals surface area contributed by atoms with Gasteiger partial charge in [0.1, 0.15) is 16.3 Å². The molecule has 8 heteroatoms. The van der Waals surface area contributed by atoms with E-state index < -0.39 is 5.97 Å². The summed E-state index contributed by atoms with van der Waals surface area (Å²) >= 11 is 0.983. The van der Waals surface area contributed by atoms with Crippen molar-refractivity contribution in [2.24, 2.45) is 5.92 Å². The Morgan fingerprint density at radius 3 is 2.88 bits per heavy atom. The number of aromatic carboxylic acids is 1. The number of likely N-dealkylation sites (tertiary alicyclic amines) is 1. The van der Waals surface area contributed by atoms with Crippen LogP contribution in [-0.2, 0) is 11.3 Å². The summed E-state index contributed by atoms with van der Waals surface area (Å²) in [6.07, 6.45) is 3.42. The Labute approximate surface area is 142 Å². The first-order valence-corrected chi connectivity index (χ1v) is 8.69. The third-order valence-electron chi connectivity index (χ3n) is 4.43. The van der Waals surface area contributed by atoms with E-state index in [2.05, 4.69) is 11.9 Å². The lowest BCUT2D eigenvalue weighted by atomic mass is 10.0. The molecule has 128 valence electrons. The molecule has 1 atom stereocenters. The van der Waals surface area contributed by atoms with E-state index in [0.717, 1.165) is 24.2 Å². The lowest BCUT2D eigenvalue weighted by Gasteiger charge is -2.31. The minimum Gasteiger partial charge on any atom is -0.477 e. The van der Waals surface area contributed by atoms with Crippen molar-refractivity contribution in [3.63, 3.8) is 0 Å². The van der Waals surface area contributed by atoms with E-state index in [-0.39, 0.29) is 22.9 Å². The molecule has 1 aliphatic rings. The highest BCUT2D eigenvalue weighted by Crippen LogP contribution is 2.26. The summed E-state index contributed by atoms with van der Waals surface area (Å²) in [5.74, 6) is -0.701. The minimum atomic E-state index is -1.07. The average Bonchev–Trinajstić information content (AvgIpc) is 2.88. The Morgan fingerprint density at radius 1 is 1.46 bits per heavy atom. The molecule has 0 unspecified atom stereocenters. The summed E-state index contributed by atoms with van der Waals surface area (Å²) < 4.78 is 1.27. The maximum Gasteiger partial charge on any atom is 0.346 e. The van der Waals surface area contributed by atoms with Gasteiger partial charge < -0.3 is 10.0 Å². The van der Waals surface area contributed by atoms with Crippen LogP contribution in [0.25, 0.3) is 10.2 Å². The molecule has 1 fully saturated rings. The van der Waals surface area contributed by atoms with Crippen molar-refractivity contribution in [2.75, 3.05) is 13.1 Å². The standard InChI is InChI=1S/C16H19N3O4S/c1-9-4-3-5-18(6-9)11(20)7-19-8-17-14-12(15(19)21)10(2)13(24-14)16(22)23/h8-9H,3-7H2,1-2H3,(H,22,23)/t9-/m0/s1. The lowest BCUT2D eigenvalue weighted by Crippen LogP contribution is -2.42. The van der Waals surface area contributed by atoms with E-state index in [4.69, 9.17) is 0 Å². The van der Waals surface area contributed by atoms with E-state index in [0.29, 0.717) is 34.8 Å². The van der Waals surface area contributed by atoms with E-state index >= 15 is 0 Å². The molecule has 24 heavy (non-hydrogen) atoms. The number of aromatic nitrogens is 2. The number of hydrogen-bond donors (Lipinski definition) is 1. The molecule has 1 N–H and O–H groups in total. The number of carbonyl (C=O) groups excluding carboxylic acids is 1. The molecule has 2 aromatic heterocycles. The number of rotatable bonds is 3. The summed E-state index contributed by atoms with van der Waals surface area (Å²) in [6.45, 7) is 5.08. The zero-order chi connectivity index (χ0) is 17.4. The number of thiophene rings is 1. The Bertz CT molecular complexity index is 870. The number of carboxylic acid groups (broad SMARTS) is 1. The Hall–Kier alpha value is -2.22. The fourth-order valence-corrected chi connectivity index (χ4v) is 4.12. The number of amides is 1. The molecule has 3 heterocycles. The quantitative estimate of drug-likeness (QED) is 0.911. The van der Waals surface area contributed by atoms with Gasteiger partial charge in [0.15, 0.2) is 0 Å². The Morgan fingerprint density at radius 2 is 2.21 bits per heavy atom. The monoisotopic (exact) mass is 349 g/mol. The number of fused-ring (bicyclic) bond motifs is 1. The minimum absolute atomic E-state index is 0.0633. The Balaban J connectivity index is 1.91. The SMILES string of the molecule is Cc1c(C(=O)O)sc2ncn(CC(=O)N3CCC[C@H](C)C3)c(=O)c12. The van der Waals surface area contributed by atoms with Gasteiger partial charge in [0.2, 0.25) is 5.91 Å².